The maximum Gasteiger partial charge on any atom is 0.311 e. The number of aryl methyl sites for hydroxylation is 2. The Bertz CT molecular complexity index is 855. The van der Waals surface area contributed by atoms with E-state index in [2.05, 4.69) is 17.4 Å². The minimum absolute atomic E-state index is 0.0445. The van der Waals surface area contributed by atoms with Crippen LogP contribution >= 0.6 is 0 Å². The number of carbonyl (C=O) groups is 2. The molecule has 0 radical (unpaired) electrons. The number of hydrogen-bond acceptors (Lipinski definition) is 4. The van der Waals surface area contributed by atoms with Crippen molar-refractivity contribution in [2.45, 2.75) is 47.0 Å². The van der Waals surface area contributed by atoms with Gasteiger partial charge in [-0.1, -0.05) is 42.5 Å². The Kier molecular flexibility index (Phi) is 9.10. The van der Waals surface area contributed by atoms with Crippen LogP contribution in [0.2, 0.25) is 0 Å². The second-order valence-electron chi connectivity index (χ2n) is 9.02. The quantitative estimate of drug-likeness (QED) is 0.569. The average molecular weight is 426 g/mol. The fourth-order valence-corrected chi connectivity index (χ4v) is 3.15. The largest absolute Gasteiger partial charge is 0.496 e. The van der Waals surface area contributed by atoms with E-state index in [9.17, 15) is 9.59 Å². The molecule has 0 aliphatic carbocycles. The molecule has 0 spiro atoms. The van der Waals surface area contributed by atoms with Crippen LogP contribution < -0.4 is 10.1 Å². The lowest BCUT2D eigenvalue weighted by Gasteiger charge is -2.22. The summed E-state index contributed by atoms with van der Waals surface area (Å²) < 4.78 is 10.9. The molecule has 1 amide bonds. The molecule has 2 rings (SSSR count). The van der Waals surface area contributed by atoms with Gasteiger partial charge in [-0.05, 0) is 63.3 Å². The van der Waals surface area contributed by atoms with Gasteiger partial charge in [0.1, 0.15) is 5.75 Å². The minimum atomic E-state index is -0.544. The third-order valence-electron chi connectivity index (χ3n) is 5.17. The topological polar surface area (TPSA) is 64.6 Å². The van der Waals surface area contributed by atoms with Gasteiger partial charge in [0.15, 0.2) is 0 Å². The molecule has 0 saturated heterocycles. The molecular weight excluding hydrogens is 390 g/mol. The number of nitrogens with one attached hydrogen (secondary N) is 1. The zero-order chi connectivity index (χ0) is 22.9. The average Bonchev–Trinajstić information content (AvgIpc) is 2.74. The summed E-state index contributed by atoms with van der Waals surface area (Å²) in [4.78, 5) is 24.7. The van der Waals surface area contributed by atoms with Gasteiger partial charge in [-0.25, -0.2) is 0 Å². The molecule has 0 bridgehead atoms. The molecule has 0 fully saturated rings. The van der Waals surface area contributed by atoms with E-state index < -0.39 is 5.41 Å². The molecule has 1 unspecified atom stereocenters. The van der Waals surface area contributed by atoms with Crippen molar-refractivity contribution in [3.8, 4) is 5.75 Å². The Morgan fingerprint density at radius 1 is 1.03 bits per heavy atom. The molecule has 0 aliphatic heterocycles. The van der Waals surface area contributed by atoms with Gasteiger partial charge in [0.2, 0.25) is 5.91 Å². The molecule has 1 N–H and O–H groups in total. The third kappa shape index (κ3) is 8.44. The number of rotatable bonds is 10. The summed E-state index contributed by atoms with van der Waals surface area (Å²) in [6.45, 7) is 8.25. The zero-order valence-corrected chi connectivity index (χ0v) is 19.4. The summed E-state index contributed by atoms with van der Waals surface area (Å²) in [7, 11) is 1.63. The van der Waals surface area contributed by atoms with Crippen LogP contribution in [0, 0.1) is 18.3 Å². The Hall–Kier alpha value is -2.82. The van der Waals surface area contributed by atoms with Gasteiger partial charge in [0.05, 0.1) is 25.6 Å². The number of esters is 1. The highest BCUT2D eigenvalue weighted by molar-refractivity contribution is 5.78. The predicted molar refractivity (Wildman–Crippen MR) is 123 cm³/mol. The molecule has 31 heavy (non-hydrogen) atoms. The number of methoxy groups -OCH3 is 1. The molecule has 168 valence electrons. The van der Waals surface area contributed by atoms with E-state index in [4.69, 9.17) is 9.47 Å². The van der Waals surface area contributed by atoms with Gasteiger partial charge in [-0.3, -0.25) is 9.59 Å². The molecule has 2 aromatic carbocycles. The third-order valence-corrected chi connectivity index (χ3v) is 5.17. The van der Waals surface area contributed by atoms with Crippen LogP contribution in [-0.2, 0) is 27.2 Å². The Labute approximate surface area is 186 Å². The highest BCUT2D eigenvalue weighted by atomic mass is 16.5. The lowest BCUT2D eigenvalue weighted by atomic mass is 9.97. The smallest absolute Gasteiger partial charge is 0.311 e. The van der Waals surface area contributed by atoms with Gasteiger partial charge in [-0.15, -0.1) is 0 Å². The van der Waals surface area contributed by atoms with Crippen molar-refractivity contribution in [3.63, 3.8) is 0 Å². The van der Waals surface area contributed by atoms with Crippen molar-refractivity contribution < 1.29 is 19.1 Å². The van der Waals surface area contributed by atoms with Crippen molar-refractivity contribution >= 4 is 11.9 Å². The van der Waals surface area contributed by atoms with Gasteiger partial charge < -0.3 is 14.8 Å². The maximum absolute atomic E-state index is 12.5. The second kappa shape index (κ2) is 11.5. The Morgan fingerprint density at radius 3 is 2.39 bits per heavy atom. The van der Waals surface area contributed by atoms with E-state index in [0.29, 0.717) is 13.2 Å². The van der Waals surface area contributed by atoms with Crippen molar-refractivity contribution in [1.29, 1.82) is 0 Å². The summed E-state index contributed by atoms with van der Waals surface area (Å²) in [5.74, 6) is 0.538. The molecule has 0 heterocycles. The molecule has 5 nitrogen and oxygen atoms in total. The fourth-order valence-electron chi connectivity index (χ4n) is 3.15. The summed E-state index contributed by atoms with van der Waals surface area (Å²) in [6, 6.07) is 16.0. The molecule has 5 heteroatoms. The first kappa shape index (κ1) is 24.4. The molecule has 2 aromatic rings. The summed E-state index contributed by atoms with van der Waals surface area (Å²) >= 11 is 0. The minimum Gasteiger partial charge on any atom is -0.496 e. The number of benzene rings is 2. The monoisotopic (exact) mass is 425 g/mol. The van der Waals surface area contributed by atoms with Crippen LogP contribution in [0.3, 0.4) is 0 Å². The van der Waals surface area contributed by atoms with Crippen molar-refractivity contribution in [3.05, 3.63) is 65.2 Å². The van der Waals surface area contributed by atoms with Gasteiger partial charge in [-0.2, -0.15) is 0 Å². The lowest BCUT2D eigenvalue weighted by Crippen LogP contribution is -2.34. The predicted octanol–water partition coefficient (Wildman–Crippen LogP) is 4.50. The maximum atomic E-state index is 12.5. The van der Waals surface area contributed by atoms with Crippen LogP contribution in [0.15, 0.2) is 48.5 Å². The van der Waals surface area contributed by atoms with E-state index in [-0.39, 0.29) is 24.2 Å². The lowest BCUT2D eigenvalue weighted by molar-refractivity contribution is -0.154. The second-order valence-corrected chi connectivity index (χ2v) is 9.02. The van der Waals surface area contributed by atoms with Gasteiger partial charge in [0.25, 0.3) is 0 Å². The fraction of sp³-hybridized carbons (Fsp3) is 0.462. The van der Waals surface area contributed by atoms with Crippen LogP contribution in [0.1, 0.15) is 43.9 Å². The molecular formula is C26H35NO4. The van der Waals surface area contributed by atoms with Gasteiger partial charge >= 0.3 is 5.97 Å². The van der Waals surface area contributed by atoms with Crippen molar-refractivity contribution in [2.75, 3.05) is 20.3 Å². The van der Waals surface area contributed by atoms with Crippen LogP contribution in [0.5, 0.6) is 5.75 Å². The highest BCUT2D eigenvalue weighted by Crippen LogP contribution is 2.20. The zero-order valence-electron chi connectivity index (χ0n) is 19.4. The first-order valence-electron chi connectivity index (χ1n) is 10.8. The highest BCUT2D eigenvalue weighted by Gasteiger charge is 2.24. The molecule has 1 atom stereocenters. The van der Waals surface area contributed by atoms with Crippen LogP contribution in [0.25, 0.3) is 0 Å². The summed E-state index contributed by atoms with van der Waals surface area (Å²) in [5, 5.41) is 3.01. The van der Waals surface area contributed by atoms with E-state index in [0.717, 1.165) is 29.7 Å². The first-order valence-corrected chi connectivity index (χ1v) is 10.8. The van der Waals surface area contributed by atoms with E-state index in [1.54, 1.807) is 7.11 Å². The Morgan fingerprint density at radius 2 is 1.74 bits per heavy atom. The standard InChI is InChI=1S/C26H35NO4/c1-19-11-12-21(15-23(19)30-5)16-24(28)27-17-22(18-31-25(29)26(2,3)4)14-13-20-9-7-6-8-10-20/h6-12,15,22H,13-14,16-18H2,1-5H3,(H,27,28). The SMILES string of the molecule is COc1cc(CC(=O)NCC(CCc2ccccc2)COC(=O)C(C)(C)C)ccc1C. The number of carbonyl (C=O) groups excluding carboxylic acids is 2. The van der Waals surface area contributed by atoms with E-state index >= 15 is 0 Å². The van der Waals surface area contributed by atoms with Crippen molar-refractivity contribution in [2.24, 2.45) is 11.3 Å². The van der Waals surface area contributed by atoms with Crippen LogP contribution in [0.4, 0.5) is 0 Å². The van der Waals surface area contributed by atoms with Gasteiger partial charge in [0, 0.05) is 12.5 Å². The number of hydrogen-bond donors (Lipinski definition) is 1. The molecule has 0 aromatic heterocycles. The van der Waals surface area contributed by atoms with Crippen LogP contribution in [-0.4, -0.2) is 32.1 Å². The molecule has 0 saturated carbocycles. The number of ether oxygens (including phenoxy) is 2. The first-order chi connectivity index (χ1) is 14.7. The number of amides is 1. The molecule has 0 aliphatic rings. The summed E-state index contributed by atoms with van der Waals surface area (Å²) in [6.07, 6.45) is 1.97. The normalized spacial score (nSPS) is 12.2. The Balaban J connectivity index is 1.93. The van der Waals surface area contributed by atoms with E-state index in [1.165, 1.54) is 5.56 Å². The van der Waals surface area contributed by atoms with E-state index in [1.807, 2.05) is 64.1 Å². The summed E-state index contributed by atoms with van der Waals surface area (Å²) in [5.41, 5.74) is 2.62. The van der Waals surface area contributed by atoms with Crippen molar-refractivity contribution in [1.82, 2.24) is 5.32 Å².